The summed E-state index contributed by atoms with van der Waals surface area (Å²) < 4.78 is -0.703. The van der Waals surface area contributed by atoms with Gasteiger partial charge in [0, 0.05) is 5.02 Å². The van der Waals surface area contributed by atoms with Crippen LogP contribution in [0.15, 0.2) is 24.3 Å². The average molecular weight is 319 g/mol. The molecule has 0 spiro atoms. The molecule has 0 aliphatic heterocycles. The summed E-state index contributed by atoms with van der Waals surface area (Å²) in [6.45, 7) is 0. The number of rotatable bonds is 1. The second-order valence-electron chi connectivity index (χ2n) is 2.01. The molecule has 0 radical (unpaired) electrons. The van der Waals surface area contributed by atoms with Gasteiger partial charge in [0.25, 0.3) is 0 Å². The lowest BCUT2D eigenvalue weighted by Gasteiger charge is -2.11. The summed E-state index contributed by atoms with van der Waals surface area (Å²) in [5.74, 6) is 0. The fraction of sp³-hybridized carbons (Fsp3) is 0.143. The van der Waals surface area contributed by atoms with E-state index in [1.165, 1.54) is 0 Å². The zero-order chi connectivity index (χ0) is 8.48. The molecule has 1 aromatic carbocycles. The number of alkyl halides is 3. The Morgan fingerprint density at radius 2 is 1.91 bits per heavy atom. The van der Waals surface area contributed by atoms with Crippen molar-refractivity contribution in [2.45, 2.75) is 2.69 Å². The Morgan fingerprint density at radius 1 is 1.27 bits per heavy atom. The second kappa shape index (κ2) is 3.65. The largest absolute Gasteiger partial charge is 0.178 e. The molecule has 0 aromatic heterocycles. The Hall–Kier alpha value is 0.760. The van der Waals surface area contributed by atoms with Crippen LogP contribution in [0, 0.1) is 0 Å². The minimum Gasteiger partial charge on any atom is -0.0886 e. The van der Waals surface area contributed by atoms with Crippen molar-refractivity contribution in [3.8, 4) is 0 Å². The Balaban J connectivity index is 3.06. The molecule has 4 heteroatoms. The molecule has 0 bridgehead atoms. The topological polar surface area (TPSA) is 0 Å². The van der Waals surface area contributed by atoms with Crippen LogP contribution in [0.2, 0.25) is 5.02 Å². The van der Waals surface area contributed by atoms with Gasteiger partial charge in [-0.15, -0.1) is 0 Å². The number of hydrogen-bond acceptors (Lipinski definition) is 0. The third-order valence-corrected chi connectivity index (χ3v) is 2.52. The summed E-state index contributed by atoms with van der Waals surface area (Å²) in [4.78, 5) is 0. The standard InChI is InChI=1S/C7H4Br2Cl2/c8-7(9,11)5-2-1-3-6(10)4-5/h1-4H. The molecule has 0 amide bonds. The molecule has 0 fully saturated rings. The Bertz CT molecular complexity index is 255. The highest BCUT2D eigenvalue weighted by Crippen LogP contribution is 2.42. The van der Waals surface area contributed by atoms with Gasteiger partial charge in [0.05, 0.1) is 0 Å². The van der Waals surface area contributed by atoms with Gasteiger partial charge in [-0.05, 0) is 49.6 Å². The van der Waals surface area contributed by atoms with E-state index in [2.05, 4.69) is 31.9 Å². The van der Waals surface area contributed by atoms with Crippen molar-refractivity contribution in [1.29, 1.82) is 0 Å². The molecule has 0 aliphatic rings. The lowest BCUT2D eigenvalue weighted by Crippen LogP contribution is -1.96. The lowest BCUT2D eigenvalue weighted by molar-refractivity contribution is 1.33. The van der Waals surface area contributed by atoms with Crippen LogP contribution in [0.4, 0.5) is 0 Å². The van der Waals surface area contributed by atoms with Gasteiger partial charge in [-0.3, -0.25) is 0 Å². The molecule has 0 nitrogen and oxygen atoms in total. The van der Waals surface area contributed by atoms with E-state index in [0.29, 0.717) is 5.02 Å². The van der Waals surface area contributed by atoms with E-state index in [0.717, 1.165) is 5.56 Å². The van der Waals surface area contributed by atoms with E-state index in [9.17, 15) is 0 Å². The van der Waals surface area contributed by atoms with Crippen LogP contribution >= 0.6 is 55.1 Å². The van der Waals surface area contributed by atoms with Gasteiger partial charge in [0.1, 0.15) is 0 Å². The fourth-order valence-corrected chi connectivity index (χ4v) is 1.47. The minimum atomic E-state index is -0.703. The molecule has 1 aromatic rings. The first kappa shape index (κ1) is 9.85. The minimum absolute atomic E-state index is 0.673. The van der Waals surface area contributed by atoms with E-state index in [4.69, 9.17) is 23.2 Å². The SMILES string of the molecule is Clc1cccc(C(Cl)(Br)Br)c1. The zero-order valence-corrected chi connectivity index (χ0v) is 10.0. The summed E-state index contributed by atoms with van der Waals surface area (Å²) in [6, 6.07) is 7.31. The van der Waals surface area contributed by atoms with Crippen molar-refractivity contribution < 1.29 is 0 Å². The number of hydrogen-bond donors (Lipinski definition) is 0. The molecule has 1 rings (SSSR count). The first-order chi connectivity index (χ1) is 5.00. The quantitative estimate of drug-likeness (QED) is 0.670. The summed E-state index contributed by atoms with van der Waals surface area (Å²) in [6.07, 6.45) is 0. The van der Waals surface area contributed by atoms with Gasteiger partial charge in [-0.2, -0.15) is 0 Å². The monoisotopic (exact) mass is 316 g/mol. The molecule has 0 aliphatic carbocycles. The third kappa shape index (κ3) is 2.94. The van der Waals surface area contributed by atoms with E-state index in [1.54, 1.807) is 12.1 Å². The smallest absolute Gasteiger partial charge is 0.0886 e. The highest BCUT2D eigenvalue weighted by molar-refractivity contribution is 9.25. The van der Waals surface area contributed by atoms with E-state index >= 15 is 0 Å². The van der Waals surface area contributed by atoms with Crippen molar-refractivity contribution in [2.75, 3.05) is 0 Å². The second-order valence-corrected chi connectivity index (χ2v) is 7.37. The van der Waals surface area contributed by atoms with Crippen molar-refractivity contribution in [3.05, 3.63) is 34.9 Å². The zero-order valence-electron chi connectivity index (χ0n) is 5.32. The Kier molecular flexibility index (Phi) is 3.27. The van der Waals surface area contributed by atoms with Crippen molar-refractivity contribution in [2.24, 2.45) is 0 Å². The van der Waals surface area contributed by atoms with Crippen LogP contribution in [0.5, 0.6) is 0 Å². The highest BCUT2D eigenvalue weighted by atomic mass is 79.9. The first-order valence-corrected chi connectivity index (χ1v) is 5.17. The van der Waals surface area contributed by atoms with E-state index in [-0.39, 0.29) is 0 Å². The van der Waals surface area contributed by atoms with Crippen LogP contribution in [0.1, 0.15) is 5.56 Å². The molecule has 0 N–H and O–H groups in total. The Labute approximate surface area is 92.1 Å². The Morgan fingerprint density at radius 3 is 2.27 bits per heavy atom. The molecule has 0 atom stereocenters. The predicted octanol–water partition coefficient (Wildman–Crippen LogP) is 4.48. The highest BCUT2D eigenvalue weighted by Gasteiger charge is 2.20. The van der Waals surface area contributed by atoms with Gasteiger partial charge in [-0.1, -0.05) is 35.3 Å². The van der Waals surface area contributed by atoms with Crippen LogP contribution in [0.25, 0.3) is 0 Å². The maximum absolute atomic E-state index is 5.91. The van der Waals surface area contributed by atoms with Gasteiger partial charge in [0.15, 0.2) is 2.69 Å². The maximum Gasteiger partial charge on any atom is 0.178 e. The average Bonchev–Trinajstić information content (AvgIpc) is 1.86. The number of halogens is 4. The van der Waals surface area contributed by atoms with Crippen LogP contribution in [-0.2, 0) is 2.69 Å². The molecule has 0 unspecified atom stereocenters. The van der Waals surface area contributed by atoms with Crippen LogP contribution in [0.3, 0.4) is 0 Å². The normalized spacial score (nSPS) is 11.6. The molecule has 60 valence electrons. The van der Waals surface area contributed by atoms with E-state index < -0.39 is 2.69 Å². The van der Waals surface area contributed by atoms with Crippen LogP contribution < -0.4 is 0 Å². The summed E-state index contributed by atoms with van der Waals surface area (Å²) in [5.41, 5.74) is 0.881. The number of benzene rings is 1. The maximum atomic E-state index is 5.91. The predicted molar refractivity (Wildman–Crippen MR) is 56.8 cm³/mol. The van der Waals surface area contributed by atoms with E-state index in [1.807, 2.05) is 12.1 Å². The van der Waals surface area contributed by atoms with Gasteiger partial charge in [0.2, 0.25) is 0 Å². The van der Waals surface area contributed by atoms with Crippen molar-refractivity contribution in [3.63, 3.8) is 0 Å². The summed E-state index contributed by atoms with van der Waals surface area (Å²) in [5, 5.41) is 0.673. The fourth-order valence-electron chi connectivity index (χ4n) is 0.665. The first-order valence-electron chi connectivity index (χ1n) is 2.83. The summed E-state index contributed by atoms with van der Waals surface area (Å²) >= 11 is 18.1. The molecule has 0 saturated carbocycles. The third-order valence-electron chi connectivity index (χ3n) is 1.15. The van der Waals surface area contributed by atoms with Gasteiger partial charge < -0.3 is 0 Å². The van der Waals surface area contributed by atoms with Gasteiger partial charge in [-0.25, -0.2) is 0 Å². The van der Waals surface area contributed by atoms with Crippen LogP contribution in [-0.4, -0.2) is 0 Å². The molecule has 11 heavy (non-hydrogen) atoms. The lowest BCUT2D eigenvalue weighted by atomic mass is 10.2. The molecular formula is C7H4Br2Cl2. The van der Waals surface area contributed by atoms with Crippen molar-refractivity contribution in [1.82, 2.24) is 0 Å². The summed E-state index contributed by atoms with van der Waals surface area (Å²) in [7, 11) is 0. The molecular weight excluding hydrogens is 315 g/mol. The van der Waals surface area contributed by atoms with Gasteiger partial charge >= 0.3 is 0 Å². The molecule has 0 heterocycles. The molecule has 0 saturated heterocycles. The van der Waals surface area contributed by atoms with Crippen molar-refractivity contribution >= 4 is 55.1 Å².